The van der Waals surface area contributed by atoms with Gasteiger partial charge in [-0.3, -0.25) is 14.9 Å². The number of nitro benzene ring substituents is 1. The molecule has 1 amide bonds. The lowest BCUT2D eigenvalue weighted by atomic mass is 10.1. The van der Waals surface area contributed by atoms with Crippen LogP contribution in [0.3, 0.4) is 0 Å². The second-order valence-corrected chi connectivity index (χ2v) is 4.32. The Morgan fingerprint density at radius 3 is 2.89 bits per heavy atom. The van der Waals surface area contributed by atoms with Crippen LogP contribution in [0.25, 0.3) is 0 Å². The zero-order valence-corrected chi connectivity index (χ0v) is 10.1. The third kappa shape index (κ3) is 2.33. The van der Waals surface area contributed by atoms with Crippen LogP contribution in [-0.2, 0) is 4.79 Å². The highest BCUT2D eigenvalue weighted by molar-refractivity contribution is 5.84. The Morgan fingerprint density at radius 1 is 1.58 bits per heavy atom. The fourth-order valence-electron chi connectivity index (χ4n) is 2.32. The summed E-state index contributed by atoms with van der Waals surface area (Å²) in [5, 5.41) is 19.7. The lowest BCUT2D eigenvalue weighted by Gasteiger charge is -2.24. The molecular formula is C12H12N4O3. The van der Waals surface area contributed by atoms with Gasteiger partial charge in [0, 0.05) is 18.3 Å². The van der Waals surface area contributed by atoms with Gasteiger partial charge < -0.3 is 10.6 Å². The first-order valence-electron chi connectivity index (χ1n) is 5.79. The number of nitriles is 1. The van der Waals surface area contributed by atoms with E-state index < -0.39 is 16.9 Å². The molecule has 0 radical (unpaired) electrons. The molecule has 1 aromatic carbocycles. The van der Waals surface area contributed by atoms with Gasteiger partial charge in [-0.1, -0.05) is 0 Å². The van der Waals surface area contributed by atoms with Crippen molar-refractivity contribution in [2.75, 3.05) is 11.4 Å². The summed E-state index contributed by atoms with van der Waals surface area (Å²) < 4.78 is 0. The first kappa shape index (κ1) is 12.8. The van der Waals surface area contributed by atoms with E-state index in [1.54, 1.807) is 17.0 Å². The number of carbonyl (C=O) groups is 1. The first-order valence-corrected chi connectivity index (χ1v) is 5.79. The molecule has 1 saturated heterocycles. The smallest absolute Gasteiger partial charge is 0.287 e. The van der Waals surface area contributed by atoms with Crippen molar-refractivity contribution in [1.82, 2.24) is 0 Å². The molecule has 7 heteroatoms. The fourth-order valence-corrected chi connectivity index (χ4v) is 2.32. The number of primary amides is 1. The van der Waals surface area contributed by atoms with Crippen LogP contribution in [0, 0.1) is 21.4 Å². The van der Waals surface area contributed by atoms with Gasteiger partial charge in [0.05, 0.1) is 4.92 Å². The average molecular weight is 260 g/mol. The number of rotatable bonds is 3. The van der Waals surface area contributed by atoms with Gasteiger partial charge in [-0.15, -0.1) is 0 Å². The van der Waals surface area contributed by atoms with Crippen LogP contribution in [0.4, 0.5) is 11.4 Å². The molecule has 0 aromatic heterocycles. The molecule has 0 saturated carbocycles. The molecule has 19 heavy (non-hydrogen) atoms. The molecule has 0 aliphatic carbocycles. The van der Waals surface area contributed by atoms with Gasteiger partial charge in [0.15, 0.2) is 0 Å². The zero-order chi connectivity index (χ0) is 14.0. The highest BCUT2D eigenvalue weighted by atomic mass is 16.6. The van der Waals surface area contributed by atoms with E-state index in [-0.39, 0.29) is 11.3 Å². The molecule has 1 aliphatic heterocycles. The molecule has 2 rings (SSSR count). The molecule has 1 atom stereocenters. The summed E-state index contributed by atoms with van der Waals surface area (Å²) in [6, 6.07) is 5.64. The van der Waals surface area contributed by atoms with Gasteiger partial charge >= 0.3 is 0 Å². The molecule has 7 nitrogen and oxygen atoms in total. The van der Waals surface area contributed by atoms with Crippen LogP contribution < -0.4 is 10.6 Å². The third-order valence-electron chi connectivity index (χ3n) is 3.21. The van der Waals surface area contributed by atoms with E-state index in [1.165, 1.54) is 12.1 Å². The topological polar surface area (TPSA) is 113 Å². The molecular weight excluding hydrogens is 248 g/mol. The summed E-state index contributed by atoms with van der Waals surface area (Å²) >= 11 is 0. The summed E-state index contributed by atoms with van der Waals surface area (Å²) in [5.41, 5.74) is 5.68. The summed E-state index contributed by atoms with van der Waals surface area (Å²) in [6.45, 7) is 0.649. The van der Waals surface area contributed by atoms with Crippen LogP contribution in [0.1, 0.15) is 18.4 Å². The standard InChI is InChI=1S/C12H12N4O3/c13-7-8-6-9(3-4-10(8)16(18)19)15-5-1-2-11(15)12(14)17/h3-4,6,11H,1-2,5H2,(H2,14,17). The Kier molecular flexibility index (Phi) is 3.33. The number of nitrogens with two attached hydrogens (primary N) is 1. The van der Waals surface area contributed by atoms with E-state index in [9.17, 15) is 14.9 Å². The summed E-state index contributed by atoms with van der Waals surface area (Å²) in [4.78, 5) is 23.3. The Bertz CT molecular complexity index is 579. The Morgan fingerprint density at radius 2 is 2.32 bits per heavy atom. The van der Waals surface area contributed by atoms with Crippen LogP contribution in [0.5, 0.6) is 0 Å². The molecule has 2 N–H and O–H groups in total. The largest absolute Gasteiger partial charge is 0.368 e. The van der Waals surface area contributed by atoms with Gasteiger partial charge in [-0.05, 0) is 25.0 Å². The maximum atomic E-state index is 11.3. The van der Waals surface area contributed by atoms with Crippen LogP contribution in [0.2, 0.25) is 0 Å². The van der Waals surface area contributed by atoms with Crippen molar-refractivity contribution in [1.29, 1.82) is 5.26 Å². The predicted molar refractivity (Wildman–Crippen MR) is 67.4 cm³/mol. The summed E-state index contributed by atoms with van der Waals surface area (Å²) in [6.07, 6.45) is 1.49. The summed E-state index contributed by atoms with van der Waals surface area (Å²) in [7, 11) is 0. The highest BCUT2D eigenvalue weighted by Gasteiger charge is 2.30. The number of amides is 1. The maximum Gasteiger partial charge on any atom is 0.287 e. The van der Waals surface area contributed by atoms with Crippen molar-refractivity contribution in [2.45, 2.75) is 18.9 Å². The van der Waals surface area contributed by atoms with Gasteiger partial charge in [-0.2, -0.15) is 5.26 Å². The van der Waals surface area contributed by atoms with Crippen molar-refractivity contribution in [3.63, 3.8) is 0 Å². The van der Waals surface area contributed by atoms with E-state index in [1.807, 2.05) is 0 Å². The Balaban J connectivity index is 2.39. The predicted octanol–water partition coefficient (Wildman–Crippen LogP) is 0.921. The number of anilines is 1. The van der Waals surface area contributed by atoms with Crippen LogP contribution in [-0.4, -0.2) is 23.4 Å². The second kappa shape index (κ2) is 4.94. The molecule has 1 unspecified atom stereocenters. The summed E-state index contributed by atoms with van der Waals surface area (Å²) in [5.74, 6) is -0.422. The number of benzene rings is 1. The van der Waals surface area contributed by atoms with Crippen molar-refractivity contribution in [3.05, 3.63) is 33.9 Å². The molecule has 1 aliphatic rings. The van der Waals surface area contributed by atoms with E-state index in [0.717, 1.165) is 6.42 Å². The Labute approximate surface area is 109 Å². The van der Waals surface area contributed by atoms with Crippen molar-refractivity contribution >= 4 is 17.3 Å². The fraction of sp³-hybridized carbons (Fsp3) is 0.333. The SMILES string of the molecule is N#Cc1cc(N2CCCC2C(N)=O)ccc1[N+](=O)[O-]. The minimum atomic E-state index is -0.599. The minimum absolute atomic E-state index is 0.0161. The van der Waals surface area contributed by atoms with Crippen molar-refractivity contribution in [2.24, 2.45) is 5.73 Å². The number of carbonyl (C=O) groups excluding carboxylic acids is 1. The lowest BCUT2D eigenvalue weighted by molar-refractivity contribution is -0.385. The van der Waals surface area contributed by atoms with E-state index in [4.69, 9.17) is 11.0 Å². The zero-order valence-electron chi connectivity index (χ0n) is 10.1. The quantitative estimate of drug-likeness (QED) is 0.641. The molecule has 1 aromatic rings. The number of nitrogens with zero attached hydrogens (tertiary/aromatic N) is 3. The first-order chi connectivity index (χ1) is 9.04. The molecule has 0 spiro atoms. The van der Waals surface area contributed by atoms with Gasteiger partial charge in [0.25, 0.3) is 5.69 Å². The third-order valence-corrected chi connectivity index (χ3v) is 3.21. The van der Waals surface area contributed by atoms with Gasteiger partial charge in [0.1, 0.15) is 17.7 Å². The normalized spacial score (nSPS) is 18.1. The van der Waals surface area contributed by atoms with Crippen LogP contribution in [0.15, 0.2) is 18.2 Å². The molecule has 0 bridgehead atoms. The van der Waals surface area contributed by atoms with Crippen molar-refractivity contribution in [3.8, 4) is 6.07 Å². The second-order valence-electron chi connectivity index (χ2n) is 4.32. The minimum Gasteiger partial charge on any atom is -0.368 e. The molecule has 98 valence electrons. The van der Waals surface area contributed by atoms with Gasteiger partial charge in [0.2, 0.25) is 5.91 Å². The van der Waals surface area contributed by atoms with E-state index in [2.05, 4.69) is 0 Å². The average Bonchev–Trinajstić information content (AvgIpc) is 2.87. The Hall–Kier alpha value is -2.62. The number of hydrogen-bond acceptors (Lipinski definition) is 5. The highest BCUT2D eigenvalue weighted by Crippen LogP contribution is 2.29. The number of nitro groups is 1. The van der Waals surface area contributed by atoms with Gasteiger partial charge in [-0.25, -0.2) is 0 Å². The lowest BCUT2D eigenvalue weighted by Crippen LogP contribution is -2.40. The maximum absolute atomic E-state index is 11.3. The molecule has 1 fully saturated rings. The number of hydrogen-bond donors (Lipinski definition) is 1. The van der Waals surface area contributed by atoms with Crippen LogP contribution >= 0.6 is 0 Å². The van der Waals surface area contributed by atoms with E-state index in [0.29, 0.717) is 18.7 Å². The van der Waals surface area contributed by atoms with E-state index >= 15 is 0 Å². The monoisotopic (exact) mass is 260 g/mol. The van der Waals surface area contributed by atoms with Crippen molar-refractivity contribution < 1.29 is 9.72 Å². The molecule has 1 heterocycles.